The number of nitrogens with one attached hydrogen (secondary N) is 1. The van der Waals surface area contributed by atoms with Crippen LogP contribution in [0.25, 0.3) is 0 Å². The van der Waals surface area contributed by atoms with E-state index in [-0.39, 0.29) is 22.7 Å². The number of carbonyl (C=O) groups is 1. The number of benzene rings is 1. The van der Waals surface area contributed by atoms with Crippen LogP contribution < -0.4 is 5.32 Å². The van der Waals surface area contributed by atoms with Gasteiger partial charge >= 0.3 is 0 Å². The molecule has 2 aromatic rings. The summed E-state index contributed by atoms with van der Waals surface area (Å²) >= 11 is 1.19. The molecule has 1 amide bonds. The fourth-order valence-electron chi connectivity index (χ4n) is 3.87. The highest BCUT2D eigenvalue weighted by molar-refractivity contribution is 7.91. The summed E-state index contributed by atoms with van der Waals surface area (Å²) in [7, 11) is -3.70. The topological polar surface area (TPSA) is 66.5 Å². The van der Waals surface area contributed by atoms with Gasteiger partial charge in [0, 0.05) is 12.6 Å². The molecule has 5 nitrogen and oxygen atoms in total. The van der Waals surface area contributed by atoms with Gasteiger partial charge in [-0.25, -0.2) is 8.42 Å². The monoisotopic (exact) mass is 390 g/mol. The second kappa shape index (κ2) is 7.13. The molecule has 1 N–H and O–H groups in total. The van der Waals surface area contributed by atoms with Crippen molar-refractivity contribution in [3.8, 4) is 0 Å². The molecule has 0 radical (unpaired) electrons. The summed E-state index contributed by atoms with van der Waals surface area (Å²) in [4.78, 5) is 13.0. The molecular formula is C19H22N2O3S2. The third-order valence-corrected chi connectivity index (χ3v) is 8.50. The van der Waals surface area contributed by atoms with Gasteiger partial charge in [-0.1, -0.05) is 43.2 Å². The van der Waals surface area contributed by atoms with Gasteiger partial charge in [0.1, 0.15) is 10.3 Å². The number of hydrogen-bond donors (Lipinski definition) is 1. The van der Waals surface area contributed by atoms with E-state index >= 15 is 0 Å². The van der Waals surface area contributed by atoms with E-state index in [0.29, 0.717) is 6.42 Å². The maximum atomic E-state index is 13.2. The SMILES string of the molecule is O=C(NC1CCCC1)[C@@H]1Cc2ccccc2CN1S(=O)(=O)c1cccs1. The zero-order chi connectivity index (χ0) is 18.1. The number of fused-ring (bicyclic) bond motifs is 1. The van der Waals surface area contributed by atoms with Crippen molar-refractivity contribution in [3.05, 3.63) is 52.9 Å². The van der Waals surface area contributed by atoms with Gasteiger partial charge in [-0.3, -0.25) is 4.79 Å². The zero-order valence-electron chi connectivity index (χ0n) is 14.4. The molecule has 26 heavy (non-hydrogen) atoms. The van der Waals surface area contributed by atoms with Crippen molar-refractivity contribution in [1.29, 1.82) is 0 Å². The molecule has 1 aliphatic heterocycles. The van der Waals surface area contributed by atoms with Crippen molar-refractivity contribution in [2.45, 2.75) is 54.9 Å². The van der Waals surface area contributed by atoms with Crippen LogP contribution in [0.4, 0.5) is 0 Å². The summed E-state index contributed by atoms with van der Waals surface area (Å²) in [6, 6.07) is 10.6. The van der Waals surface area contributed by atoms with Crippen molar-refractivity contribution in [1.82, 2.24) is 9.62 Å². The molecule has 2 aliphatic rings. The maximum absolute atomic E-state index is 13.2. The number of nitrogens with zero attached hydrogens (tertiary/aromatic N) is 1. The Labute approximate surface area is 158 Å². The zero-order valence-corrected chi connectivity index (χ0v) is 16.1. The Balaban J connectivity index is 1.67. The first-order valence-corrected chi connectivity index (χ1v) is 11.3. The predicted octanol–water partition coefficient (Wildman–Crippen LogP) is 2.92. The van der Waals surface area contributed by atoms with E-state index in [1.807, 2.05) is 24.3 Å². The first-order chi connectivity index (χ1) is 12.6. The number of rotatable bonds is 4. The smallest absolute Gasteiger partial charge is 0.253 e. The lowest BCUT2D eigenvalue weighted by Crippen LogP contribution is -2.53. The molecule has 1 fully saturated rings. The molecule has 0 unspecified atom stereocenters. The second-order valence-electron chi connectivity index (χ2n) is 6.96. The number of sulfonamides is 1. The van der Waals surface area contributed by atoms with Crippen molar-refractivity contribution < 1.29 is 13.2 Å². The van der Waals surface area contributed by atoms with Crippen LogP contribution in [0.3, 0.4) is 0 Å². The molecule has 0 spiro atoms. The van der Waals surface area contributed by atoms with Gasteiger partial charge in [0.2, 0.25) is 5.91 Å². The normalized spacial score (nSPS) is 21.5. The van der Waals surface area contributed by atoms with E-state index in [1.54, 1.807) is 17.5 Å². The Kier molecular flexibility index (Phi) is 4.86. The lowest BCUT2D eigenvalue weighted by Gasteiger charge is -2.35. The van der Waals surface area contributed by atoms with Crippen molar-refractivity contribution in [2.75, 3.05) is 0 Å². The Morgan fingerprint density at radius 3 is 2.50 bits per heavy atom. The third-order valence-electron chi connectivity index (χ3n) is 5.27. The number of carbonyl (C=O) groups excluding carboxylic acids is 1. The van der Waals surface area contributed by atoms with Gasteiger partial charge in [0.05, 0.1) is 0 Å². The highest BCUT2D eigenvalue weighted by Crippen LogP contribution is 2.31. The lowest BCUT2D eigenvalue weighted by atomic mass is 9.95. The van der Waals surface area contributed by atoms with E-state index in [2.05, 4.69) is 5.32 Å². The van der Waals surface area contributed by atoms with Gasteiger partial charge in [0.15, 0.2) is 0 Å². The molecule has 7 heteroatoms. The van der Waals surface area contributed by atoms with Crippen molar-refractivity contribution in [3.63, 3.8) is 0 Å². The van der Waals surface area contributed by atoms with Crippen LogP contribution in [0, 0.1) is 0 Å². The van der Waals surface area contributed by atoms with Crippen LogP contribution in [-0.4, -0.2) is 30.7 Å². The summed E-state index contributed by atoms with van der Waals surface area (Å²) in [5.74, 6) is -0.175. The number of thiophene rings is 1. The first-order valence-electron chi connectivity index (χ1n) is 8.98. The van der Waals surface area contributed by atoms with E-state index in [0.717, 1.165) is 36.8 Å². The molecule has 2 heterocycles. The van der Waals surface area contributed by atoms with Crippen LogP contribution >= 0.6 is 11.3 Å². The van der Waals surface area contributed by atoms with Crippen molar-refractivity contribution >= 4 is 27.3 Å². The van der Waals surface area contributed by atoms with E-state index < -0.39 is 16.1 Å². The molecule has 0 bridgehead atoms. The summed E-state index contributed by atoms with van der Waals surface area (Å²) in [5.41, 5.74) is 2.02. The molecule has 138 valence electrons. The lowest BCUT2D eigenvalue weighted by molar-refractivity contribution is -0.125. The molecule has 1 saturated carbocycles. The summed E-state index contributed by atoms with van der Waals surface area (Å²) < 4.78 is 28.0. The largest absolute Gasteiger partial charge is 0.352 e. The predicted molar refractivity (Wildman–Crippen MR) is 101 cm³/mol. The molecule has 1 aromatic carbocycles. The van der Waals surface area contributed by atoms with Gasteiger partial charge < -0.3 is 5.32 Å². The van der Waals surface area contributed by atoms with Gasteiger partial charge in [-0.15, -0.1) is 11.3 Å². The minimum Gasteiger partial charge on any atom is -0.352 e. The van der Waals surface area contributed by atoms with Crippen LogP contribution in [0.2, 0.25) is 0 Å². The quantitative estimate of drug-likeness (QED) is 0.873. The van der Waals surface area contributed by atoms with Crippen LogP contribution in [0.5, 0.6) is 0 Å². The summed E-state index contributed by atoms with van der Waals surface area (Å²) in [6.45, 7) is 0.235. The number of hydrogen-bond acceptors (Lipinski definition) is 4. The van der Waals surface area contributed by atoms with Crippen LogP contribution in [-0.2, 0) is 27.8 Å². The fourth-order valence-corrected chi connectivity index (χ4v) is 6.55. The van der Waals surface area contributed by atoms with Gasteiger partial charge in [-0.2, -0.15) is 4.31 Å². The van der Waals surface area contributed by atoms with E-state index in [4.69, 9.17) is 0 Å². The van der Waals surface area contributed by atoms with Crippen molar-refractivity contribution in [2.24, 2.45) is 0 Å². The Morgan fingerprint density at radius 1 is 1.08 bits per heavy atom. The molecule has 4 rings (SSSR count). The molecule has 1 atom stereocenters. The van der Waals surface area contributed by atoms with Gasteiger partial charge in [-0.05, 0) is 41.8 Å². The Hall–Kier alpha value is -1.70. The highest BCUT2D eigenvalue weighted by atomic mass is 32.2. The van der Waals surface area contributed by atoms with Crippen LogP contribution in [0.1, 0.15) is 36.8 Å². The molecular weight excluding hydrogens is 368 g/mol. The van der Waals surface area contributed by atoms with E-state index in [1.165, 1.54) is 15.6 Å². The Bertz CT molecular complexity index is 887. The minimum atomic E-state index is -3.70. The molecule has 1 aromatic heterocycles. The van der Waals surface area contributed by atoms with Gasteiger partial charge in [0.25, 0.3) is 10.0 Å². The van der Waals surface area contributed by atoms with Crippen LogP contribution in [0.15, 0.2) is 46.0 Å². The summed E-state index contributed by atoms with van der Waals surface area (Å²) in [5, 5.41) is 4.83. The fraction of sp³-hybridized carbons (Fsp3) is 0.421. The minimum absolute atomic E-state index is 0.172. The summed E-state index contributed by atoms with van der Waals surface area (Å²) in [6.07, 6.45) is 4.62. The highest BCUT2D eigenvalue weighted by Gasteiger charge is 2.40. The first kappa shape index (κ1) is 17.7. The third kappa shape index (κ3) is 3.31. The molecule has 1 aliphatic carbocycles. The Morgan fingerprint density at radius 2 is 1.81 bits per heavy atom. The average Bonchev–Trinajstić information content (AvgIpc) is 3.34. The second-order valence-corrected chi connectivity index (χ2v) is 10.0. The van der Waals surface area contributed by atoms with E-state index in [9.17, 15) is 13.2 Å². The maximum Gasteiger partial charge on any atom is 0.253 e. The molecule has 0 saturated heterocycles. The number of amides is 1. The standard InChI is InChI=1S/C19H22N2O3S2/c22-19(20-16-8-3-4-9-16)17-12-14-6-1-2-7-15(14)13-21(17)26(23,24)18-10-5-11-25-18/h1-2,5-7,10-11,16-17H,3-4,8-9,12-13H2,(H,20,22)/t17-/m0/s1. The average molecular weight is 391 g/mol.